The van der Waals surface area contributed by atoms with Crippen molar-refractivity contribution >= 4 is 0 Å². The Kier molecular flexibility index (Phi) is 7.02. The Balaban J connectivity index is 1.56. The third-order valence-corrected chi connectivity index (χ3v) is 5.39. The molecule has 0 saturated carbocycles. The zero-order chi connectivity index (χ0) is 23.9. The molecule has 0 amide bonds. The fourth-order valence-corrected chi connectivity index (χ4v) is 3.62. The first-order valence-corrected chi connectivity index (χ1v) is 10.5. The van der Waals surface area contributed by atoms with Crippen molar-refractivity contribution in [1.82, 2.24) is 19.7 Å². The first kappa shape index (κ1) is 22.8. The van der Waals surface area contributed by atoms with E-state index in [0.717, 1.165) is 17.2 Å². The van der Waals surface area contributed by atoms with Crippen molar-refractivity contribution in [2.24, 2.45) is 0 Å². The van der Waals surface area contributed by atoms with Crippen LogP contribution in [0.25, 0.3) is 0 Å². The van der Waals surface area contributed by atoms with Crippen LogP contribution >= 0.6 is 0 Å². The second-order valence-electron chi connectivity index (χ2n) is 7.87. The van der Waals surface area contributed by atoms with Crippen LogP contribution in [0.5, 0.6) is 0 Å². The van der Waals surface area contributed by atoms with Crippen LogP contribution in [0, 0.1) is 34.3 Å². The fraction of sp³-hybridized carbons (Fsp3) is 0.154. The number of nitrogens with zero attached hydrogens (tertiary/aromatic N) is 6. The number of halogens is 2. The Labute approximate surface area is 195 Å². The van der Waals surface area contributed by atoms with E-state index in [9.17, 15) is 8.78 Å². The molecule has 0 unspecified atom stereocenters. The van der Waals surface area contributed by atoms with Gasteiger partial charge in [-0.25, -0.2) is 8.78 Å². The average molecular weight is 454 g/mol. The first-order valence-electron chi connectivity index (χ1n) is 10.5. The van der Waals surface area contributed by atoms with Crippen molar-refractivity contribution in [3.8, 4) is 12.1 Å². The Morgan fingerprint density at radius 3 is 2.06 bits per heavy atom. The van der Waals surface area contributed by atoms with Gasteiger partial charge in [-0.05, 0) is 41.5 Å². The van der Waals surface area contributed by atoms with Gasteiger partial charge in [0.15, 0.2) is 0 Å². The van der Waals surface area contributed by atoms with Crippen LogP contribution in [-0.4, -0.2) is 19.7 Å². The number of hydrogen-bond acceptors (Lipinski definition) is 5. The molecule has 0 aliphatic rings. The van der Waals surface area contributed by atoms with Crippen LogP contribution in [0.15, 0.2) is 73.1 Å². The Morgan fingerprint density at radius 1 is 0.794 bits per heavy atom. The monoisotopic (exact) mass is 454 g/mol. The second kappa shape index (κ2) is 10.5. The topological polar surface area (TPSA) is 81.5 Å². The number of rotatable bonds is 8. The summed E-state index contributed by atoms with van der Waals surface area (Å²) < 4.78 is 29.7. The maximum absolute atomic E-state index is 14.4. The van der Waals surface area contributed by atoms with E-state index in [-0.39, 0.29) is 6.54 Å². The quantitative estimate of drug-likeness (QED) is 0.390. The van der Waals surface area contributed by atoms with Gasteiger partial charge in [-0.1, -0.05) is 30.3 Å². The summed E-state index contributed by atoms with van der Waals surface area (Å²) in [4.78, 5) is 1.98. The summed E-state index contributed by atoms with van der Waals surface area (Å²) in [6, 6.07) is 22.2. The van der Waals surface area contributed by atoms with Crippen LogP contribution < -0.4 is 0 Å². The molecule has 1 aromatic heterocycles. The normalized spacial score (nSPS) is 10.7. The molecule has 0 aliphatic heterocycles. The van der Waals surface area contributed by atoms with Crippen LogP contribution in [0.2, 0.25) is 0 Å². The largest absolute Gasteiger partial charge is 0.312 e. The van der Waals surface area contributed by atoms with E-state index >= 15 is 0 Å². The predicted molar refractivity (Wildman–Crippen MR) is 121 cm³/mol. The van der Waals surface area contributed by atoms with Crippen molar-refractivity contribution < 1.29 is 8.78 Å². The van der Waals surface area contributed by atoms with Gasteiger partial charge in [-0.15, -0.1) is 10.2 Å². The lowest BCUT2D eigenvalue weighted by atomic mass is 10.1. The Hall–Kier alpha value is -4.40. The molecule has 4 rings (SSSR count). The summed E-state index contributed by atoms with van der Waals surface area (Å²) in [6.45, 7) is 1.58. The lowest BCUT2D eigenvalue weighted by Gasteiger charge is -2.23. The van der Waals surface area contributed by atoms with E-state index in [1.807, 2.05) is 33.7 Å². The third kappa shape index (κ3) is 5.69. The fourth-order valence-electron chi connectivity index (χ4n) is 3.62. The summed E-state index contributed by atoms with van der Waals surface area (Å²) >= 11 is 0. The molecule has 168 valence electrons. The molecule has 3 aromatic carbocycles. The zero-order valence-corrected chi connectivity index (χ0v) is 18.2. The van der Waals surface area contributed by atoms with E-state index < -0.39 is 11.6 Å². The summed E-state index contributed by atoms with van der Waals surface area (Å²) in [5.41, 5.74) is 3.45. The molecule has 0 bridgehead atoms. The summed E-state index contributed by atoms with van der Waals surface area (Å²) in [6.07, 6.45) is 1.63. The number of benzene rings is 3. The molecule has 0 aliphatic carbocycles. The molecule has 8 heteroatoms. The van der Waals surface area contributed by atoms with E-state index in [1.54, 1.807) is 30.6 Å². The highest BCUT2D eigenvalue weighted by Crippen LogP contribution is 2.18. The van der Waals surface area contributed by atoms with Crippen molar-refractivity contribution in [1.29, 1.82) is 10.5 Å². The molecule has 34 heavy (non-hydrogen) atoms. The molecule has 0 spiro atoms. The van der Waals surface area contributed by atoms with Gasteiger partial charge in [-0.2, -0.15) is 10.5 Å². The van der Waals surface area contributed by atoms with Gasteiger partial charge < -0.3 is 4.57 Å². The molecule has 4 aromatic rings. The predicted octanol–water partition coefficient (Wildman–Crippen LogP) is 4.55. The van der Waals surface area contributed by atoms with E-state index in [4.69, 9.17) is 10.5 Å². The maximum Gasteiger partial charge on any atom is 0.147 e. The average Bonchev–Trinajstić information content (AvgIpc) is 3.28. The van der Waals surface area contributed by atoms with Crippen LogP contribution in [0.1, 0.15) is 33.6 Å². The smallest absolute Gasteiger partial charge is 0.147 e. The zero-order valence-electron chi connectivity index (χ0n) is 18.2. The van der Waals surface area contributed by atoms with Gasteiger partial charge in [0.2, 0.25) is 0 Å². The number of aromatic nitrogens is 3. The minimum atomic E-state index is -0.623. The van der Waals surface area contributed by atoms with E-state index in [2.05, 4.69) is 22.3 Å². The molecule has 0 N–H and O–H groups in total. The van der Waals surface area contributed by atoms with E-state index in [1.165, 1.54) is 12.1 Å². The van der Waals surface area contributed by atoms with Gasteiger partial charge in [0.25, 0.3) is 0 Å². The molecule has 6 nitrogen and oxygen atoms in total. The van der Waals surface area contributed by atoms with Gasteiger partial charge in [0.05, 0.1) is 36.4 Å². The lowest BCUT2D eigenvalue weighted by Crippen LogP contribution is -2.25. The van der Waals surface area contributed by atoms with Gasteiger partial charge >= 0.3 is 0 Å². The SMILES string of the molecule is N#Cc1ccc(CN(Cc2ccc(F)cc2F)Cc2nncn2Cc2ccc(C#N)cc2)cc1. The molecule has 1 heterocycles. The van der Waals surface area contributed by atoms with Crippen molar-refractivity contribution in [3.05, 3.63) is 118 Å². The molecule has 0 fully saturated rings. The molecule has 0 saturated heterocycles. The first-order chi connectivity index (χ1) is 16.5. The van der Waals surface area contributed by atoms with Gasteiger partial charge in [0.1, 0.15) is 23.8 Å². The van der Waals surface area contributed by atoms with Crippen LogP contribution in [0.4, 0.5) is 8.78 Å². The van der Waals surface area contributed by atoms with Gasteiger partial charge in [0, 0.05) is 24.7 Å². The number of nitriles is 2. The van der Waals surface area contributed by atoms with Crippen molar-refractivity contribution in [2.45, 2.75) is 26.2 Å². The van der Waals surface area contributed by atoms with Crippen molar-refractivity contribution in [3.63, 3.8) is 0 Å². The summed E-state index contributed by atoms with van der Waals surface area (Å²) in [7, 11) is 0. The highest BCUT2D eigenvalue weighted by atomic mass is 19.1. The number of hydrogen-bond donors (Lipinski definition) is 0. The lowest BCUT2D eigenvalue weighted by molar-refractivity contribution is 0.234. The summed E-state index contributed by atoms with van der Waals surface area (Å²) in [5.74, 6) is -0.550. The Bertz CT molecular complexity index is 1350. The molecular weight excluding hydrogens is 434 g/mol. The summed E-state index contributed by atoms with van der Waals surface area (Å²) in [5, 5.41) is 26.3. The highest BCUT2D eigenvalue weighted by molar-refractivity contribution is 5.32. The second-order valence-corrected chi connectivity index (χ2v) is 7.87. The minimum Gasteiger partial charge on any atom is -0.312 e. The van der Waals surface area contributed by atoms with E-state index in [0.29, 0.717) is 42.1 Å². The van der Waals surface area contributed by atoms with Crippen LogP contribution in [0.3, 0.4) is 0 Å². The van der Waals surface area contributed by atoms with Crippen molar-refractivity contribution in [2.75, 3.05) is 0 Å². The van der Waals surface area contributed by atoms with Crippen LogP contribution in [-0.2, 0) is 26.2 Å². The maximum atomic E-state index is 14.4. The third-order valence-electron chi connectivity index (χ3n) is 5.39. The Morgan fingerprint density at radius 2 is 1.44 bits per heavy atom. The molecule has 0 atom stereocenters. The standard InChI is InChI=1S/C26H20F2N6/c27-24-10-9-23(25(28)11-24)16-33(14-21-5-1-19(12-29)2-6-21)17-26-32-31-18-34(26)15-22-7-3-20(13-30)4-8-22/h1-11,18H,14-17H2. The molecular formula is C26H20F2N6. The minimum absolute atomic E-state index is 0.232. The van der Waals surface area contributed by atoms with Gasteiger partial charge in [-0.3, -0.25) is 4.90 Å². The molecule has 0 radical (unpaired) electrons. The highest BCUT2D eigenvalue weighted by Gasteiger charge is 2.15.